The van der Waals surface area contributed by atoms with Gasteiger partial charge in [0, 0.05) is 42.8 Å². The average Bonchev–Trinajstić information content (AvgIpc) is 2.54. The number of hydrogen-bond donors (Lipinski definition) is 3. The monoisotopic (exact) mass is 375 g/mol. The average molecular weight is 376 g/mol. The lowest BCUT2D eigenvalue weighted by atomic mass is 10.1. The van der Waals surface area contributed by atoms with Gasteiger partial charge in [0.05, 0.1) is 16.3 Å². The van der Waals surface area contributed by atoms with Crippen LogP contribution in [-0.4, -0.2) is 34.0 Å². The van der Waals surface area contributed by atoms with Crippen LogP contribution in [0.3, 0.4) is 0 Å². The van der Waals surface area contributed by atoms with Crippen molar-refractivity contribution in [1.29, 1.82) is 0 Å². The molecule has 0 fully saturated rings. The number of urea groups is 1. The highest BCUT2D eigenvalue weighted by molar-refractivity contribution is 6.34. The maximum absolute atomic E-state index is 12.1. The van der Waals surface area contributed by atoms with Gasteiger partial charge in [0.2, 0.25) is 0 Å². The zero-order valence-electron chi connectivity index (χ0n) is 14.9. The van der Waals surface area contributed by atoms with Gasteiger partial charge in [-0.3, -0.25) is 14.8 Å². The molecule has 138 valence electrons. The summed E-state index contributed by atoms with van der Waals surface area (Å²) in [6, 6.07) is 4.28. The molecule has 3 amide bonds. The van der Waals surface area contributed by atoms with E-state index >= 15 is 0 Å². The number of benzene rings is 1. The molecule has 1 aromatic heterocycles. The quantitative estimate of drug-likeness (QED) is 0.723. The molecule has 0 aliphatic carbocycles. The van der Waals surface area contributed by atoms with E-state index in [1.165, 1.54) is 0 Å². The topological polar surface area (TPSA) is 96.0 Å². The lowest BCUT2D eigenvalue weighted by Gasteiger charge is -2.15. The maximum Gasteiger partial charge on any atom is 0.319 e. The Morgan fingerprint density at radius 2 is 1.92 bits per heavy atom. The van der Waals surface area contributed by atoms with Crippen LogP contribution in [0, 0.1) is 0 Å². The largest absolute Gasteiger partial charge is 0.350 e. The fourth-order valence-electron chi connectivity index (χ4n) is 2.31. The van der Waals surface area contributed by atoms with E-state index in [1.807, 2.05) is 20.8 Å². The van der Waals surface area contributed by atoms with E-state index in [4.69, 9.17) is 11.6 Å². The van der Waals surface area contributed by atoms with Crippen LogP contribution < -0.4 is 16.0 Å². The summed E-state index contributed by atoms with van der Waals surface area (Å²) in [5.41, 5.74) is 1.66. The number of halogens is 1. The predicted octanol–water partition coefficient (Wildman–Crippen LogP) is 3.02. The molecule has 0 saturated carbocycles. The van der Waals surface area contributed by atoms with Gasteiger partial charge in [-0.25, -0.2) is 4.79 Å². The Hall–Kier alpha value is -2.67. The van der Waals surface area contributed by atoms with Crippen LogP contribution in [0.25, 0.3) is 0 Å². The van der Waals surface area contributed by atoms with E-state index < -0.39 is 0 Å². The van der Waals surface area contributed by atoms with Crippen LogP contribution >= 0.6 is 11.6 Å². The van der Waals surface area contributed by atoms with Crippen molar-refractivity contribution in [3.05, 3.63) is 53.1 Å². The standard InChI is InChI=1S/C18H22ClN5O2/c1-11(2)22-17(25)15-5-4-13(9-16(15)19)24-18(26)23-12(3)8-14-10-20-6-7-21-14/h4-7,9-12H,8H2,1-3H3,(H,22,25)(H2,23,24,26). The van der Waals surface area contributed by atoms with Gasteiger partial charge in [0.15, 0.2) is 0 Å². The number of aromatic nitrogens is 2. The zero-order valence-corrected chi connectivity index (χ0v) is 15.7. The molecule has 0 saturated heterocycles. The van der Waals surface area contributed by atoms with Crippen molar-refractivity contribution in [1.82, 2.24) is 20.6 Å². The zero-order chi connectivity index (χ0) is 19.1. The minimum absolute atomic E-state index is 0.0120. The Bertz CT molecular complexity index is 767. The highest BCUT2D eigenvalue weighted by atomic mass is 35.5. The van der Waals surface area contributed by atoms with Gasteiger partial charge in [-0.15, -0.1) is 0 Å². The molecule has 0 spiro atoms. The smallest absolute Gasteiger partial charge is 0.319 e. The van der Waals surface area contributed by atoms with E-state index in [-0.39, 0.29) is 29.0 Å². The first kappa shape index (κ1) is 19.7. The van der Waals surface area contributed by atoms with Gasteiger partial charge in [-0.2, -0.15) is 0 Å². The number of amides is 3. The van der Waals surface area contributed by atoms with Gasteiger partial charge in [-0.05, 0) is 39.0 Å². The Morgan fingerprint density at radius 1 is 1.15 bits per heavy atom. The fourth-order valence-corrected chi connectivity index (χ4v) is 2.57. The first-order valence-corrected chi connectivity index (χ1v) is 8.65. The number of anilines is 1. The third-order valence-corrected chi connectivity index (χ3v) is 3.71. The molecule has 1 unspecified atom stereocenters. The van der Waals surface area contributed by atoms with E-state index in [1.54, 1.807) is 36.8 Å². The Morgan fingerprint density at radius 3 is 2.54 bits per heavy atom. The summed E-state index contributed by atoms with van der Waals surface area (Å²) < 4.78 is 0. The third-order valence-electron chi connectivity index (χ3n) is 3.40. The van der Waals surface area contributed by atoms with Crippen LogP contribution in [0.5, 0.6) is 0 Å². The van der Waals surface area contributed by atoms with Crippen molar-refractivity contribution in [2.24, 2.45) is 0 Å². The van der Waals surface area contributed by atoms with Crippen LogP contribution in [0.2, 0.25) is 5.02 Å². The molecular weight excluding hydrogens is 354 g/mol. The lowest BCUT2D eigenvalue weighted by molar-refractivity contribution is 0.0943. The second kappa shape index (κ2) is 9.15. The molecule has 26 heavy (non-hydrogen) atoms. The molecule has 0 bridgehead atoms. The minimum atomic E-state index is -0.364. The van der Waals surface area contributed by atoms with Crippen molar-refractivity contribution < 1.29 is 9.59 Å². The van der Waals surface area contributed by atoms with Gasteiger partial charge in [0.25, 0.3) is 5.91 Å². The van der Waals surface area contributed by atoms with E-state index in [0.717, 1.165) is 5.69 Å². The Balaban J connectivity index is 1.92. The fraction of sp³-hybridized carbons (Fsp3) is 0.333. The van der Waals surface area contributed by atoms with Crippen molar-refractivity contribution in [2.45, 2.75) is 39.3 Å². The van der Waals surface area contributed by atoms with Gasteiger partial charge in [0.1, 0.15) is 0 Å². The minimum Gasteiger partial charge on any atom is -0.350 e. The first-order chi connectivity index (χ1) is 12.3. The number of nitrogens with one attached hydrogen (secondary N) is 3. The van der Waals surface area contributed by atoms with Crippen molar-refractivity contribution in [3.8, 4) is 0 Å². The highest BCUT2D eigenvalue weighted by Crippen LogP contribution is 2.21. The highest BCUT2D eigenvalue weighted by Gasteiger charge is 2.13. The molecule has 8 heteroatoms. The third kappa shape index (κ3) is 6.00. The molecule has 2 aromatic rings. The molecule has 7 nitrogen and oxygen atoms in total. The maximum atomic E-state index is 12.1. The molecule has 3 N–H and O–H groups in total. The van der Waals surface area contributed by atoms with E-state index in [2.05, 4.69) is 25.9 Å². The molecule has 1 atom stereocenters. The summed E-state index contributed by atoms with van der Waals surface area (Å²) in [4.78, 5) is 32.3. The van der Waals surface area contributed by atoms with E-state index in [9.17, 15) is 9.59 Å². The molecule has 0 aliphatic rings. The molecule has 0 aliphatic heterocycles. The number of nitrogens with zero attached hydrogens (tertiary/aromatic N) is 2. The van der Waals surface area contributed by atoms with Crippen LogP contribution in [0.4, 0.5) is 10.5 Å². The molecular formula is C18H22ClN5O2. The number of hydrogen-bond acceptors (Lipinski definition) is 4. The number of rotatable bonds is 6. The predicted molar refractivity (Wildman–Crippen MR) is 101 cm³/mol. The lowest BCUT2D eigenvalue weighted by Crippen LogP contribution is -2.37. The summed E-state index contributed by atoms with van der Waals surface area (Å²) >= 11 is 6.16. The van der Waals surface area contributed by atoms with Crippen molar-refractivity contribution >= 4 is 29.2 Å². The molecule has 2 rings (SSSR count). The molecule has 0 radical (unpaired) electrons. The summed E-state index contributed by atoms with van der Waals surface area (Å²) in [5.74, 6) is -0.251. The number of carbonyl (C=O) groups is 2. The Kier molecular flexibility index (Phi) is 6.91. The summed E-state index contributed by atoms with van der Waals surface area (Å²) in [5, 5.41) is 8.57. The first-order valence-electron chi connectivity index (χ1n) is 8.28. The van der Waals surface area contributed by atoms with Crippen molar-refractivity contribution in [2.75, 3.05) is 5.32 Å². The molecule has 1 aromatic carbocycles. The van der Waals surface area contributed by atoms with Gasteiger partial charge < -0.3 is 16.0 Å². The normalized spacial score (nSPS) is 11.7. The van der Waals surface area contributed by atoms with Crippen LogP contribution in [0.1, 0.15) is 36.8 Å². The summed E-state index contributed by atoms with van der Waals surface area (Å²) in [6.45, 7) is 5.61. The number of carbonyl (C=O) groups excluding carboxylic acids is 2. The van der Waals surface area contributed by atoms with Crippen LogP contribution in [0.15, 0.2) is 36.8 Å². The second-order valence-electron chi connectivity index (χ2n) is 6.22. The van der Waals surface area contributed by atoms with E-state index in [0.29, 0.717) is 17.7 Å². The van der Waals surface area contributed by atoms with Gasteiger partial charge in [-0.1, -0.05) is 11.6 Å². The van der Waals surface area contributed by atoms with Crippen LogP contribution in [-0.2, 0) is 6.42 Å². The van der Waals surface area contributed by atoms with Gasteiger partial charge >= 0.3 is 6.03 Å². The van der Waals surface area contributed by atoms with Crippen molar-refractivity contribution in [3.63, 3.8) is 0 Å². The summed E-state index contributed by atoms with van der Waals surface area (Å²) in [6.07, 6.45) is 5.44. The molecule has 1 heterocycles. The second-order valence-corrected chi connectivity index (χ2v) is 6.63. The SMILES string of the molecule is CC(C)NC(=O)c1ccc(NC(=O)NC(C)Cc2cnccn2)cc1Cl. The Labute approximate surface area is 157 Å². The summed E-state index contributed by atoms with van der Waals surface area (Å²) in [7, 11) is 0.